The van der Waals surface area contributed by atoms with Gasteiger partial charge < -0.3 is 14.4 Å². The molecule has 0 spiro atoms. The number of halogens is 1. The Balaban J connectivity index is 1.67. The third-order valence-corrected chi connectivity index (χ3v) is 8.28. The lowest BCUT2D eigenvalue weighted by Gasteiger charge is -2.27. The van der Waals surface area contributed by atoms with Crippen LogP contribution in [0.1, 0.15) is 67.7 Å². The fraction of sp³-hybridized carbons (Fsp3) is 0.429. The summed E-state index contributed by atoms with van der Waals surface area (Å²) >= 11 is 0. The van der Waals surface area contributed by atoms with Crippen LogP contribution in [0, 0.1) is 18.2 Å². The number of aryl methyl sites for hydroxylation is 1. The van der Waals surface area contributed by atoms with Crippen LogP contribution in [-0.4, -0.2) is 39.1 Å². The highest BCUT2D eigenvalue weighted by Gasteiger charge is 2.44. The molecule has 2 N–H and O–H groups in total. The van der Waals surface area contributed by atoms with E-state index in [0.717, 1.165) is 46.8 Å². The molecule has 1 aliphatic heterocycles. The summed E-state index contributed by atoms with van der Waals surface area (Å²) in [6.45, 7) is 5.08. The van der Waals surface area contributed by atoms with E-state index in [-0.39, 0.29) is 17.7 Å². The second kappa shape index (κ2) is 8.19. The lowest BCUT2D eigenvalue weighted by molar-refractivity contribution is -0.147. The van der Waals surface area contributed by atoms with E-state index in [0.29, 0.717) is 31.6 Å². The number of fused-ring (bicyclic) bond motifs is 2. The Morgan fingerprint density at radius 1 is 1.20 bits per heavy atom. The number of hydrogen-bond donors (Lipinski definition) is 2. The SMILES string of the molecule is Cc1cc(-n2c(C3CCOCC3)c([C@@H]3CC[C@@](C)(C(=O)O)C3)c3cc4[nH]ncc4cc32)ccc1F. The van der Waals surface area contributed by atoms with Crippen LogP contribution in [0.4, 0.5) is 4.39 Å². The molecule has 6 nitrogen and oxygen atoms in total. The van der Waals surface area contributed by atoms with Crippen molar-refractivity contribution in [1.29, 1.82) is 0 Å². The number of aliphatic carboxylic acids is 1. The maximum Gasteiger partial charge on any atom is 0.309 e. The first-order chi connectivity index (χ1) is 16.9. The minimum Gasteiger partial charge on any atom is -0.481 e. The highest BCUT2D eigenvalue weighted by Crippen LogP contribution is 2.52. The van der Waals surface area contributed by atoms with Gasteiger partial charge in [0.15, 0.2) is 0 Å². The number of nitrogens with one attached hydrogen (secondary N) is 1. The summed E-state index contributed by atoms with van der Waals surface area (Å²) in [5.41, 5.74) is 5.31. The molecule has 0 amide bonds. The summed E-state index contributed by atoms with van der Waals surface area (Å²) in [5, 5.41) is 19.4. The van der Waals surface area contributed by atoms with Gasteiger partial charge in [0.1, 0.15) is 5.82 Å². The van der Waals surface area contributed by atoms with Crippen molar-refractivity contribution >= 4 is 27.8 Å². The molecule has 2 atom stereocenters. The maximum atomic E-state index is 14.3. The summed E-state index contributed by atoms with van der Waals surface area (Å²) in [6, 6.07) is 9.63. The Morgan fingerprint density at radius 2 is 2.00 bits per heavy atom. The van der Waals surface area contributed by atoms with Gasteiger partial charge in [-0.3, -0.25) is 9.89 Å². The van der Waals surface area contributed by atoms with E-state index in [1.165, 1.54) is 17.3 Å². The van der Waals surface area contributed by atoms with Crippen LogP contribution in [0.15, 0.2) is 36.5 Å². The van der Waals surface area contributed by atoms with Crippen LogP contribution in [-0.2, 0) is 9.53 Å². The van der Waals surface area contributed by atoms with Gasteiger partial charge in [-0.25, -0.2) is 4.39 Å². The van der Waals surface area contributed by atoms with Crippen molar-refractivity contribution in [3.8, 4) is 5.69 Å². The van der Waals surface area contributed by atoms with Crippen LogP contribution >= 0.6 is 0 Å². The molecule has 2 aliphatic rings. The van der Waals surface area contributed by atoms with Gasteiger partial charge in [-0.05, 0) is 93.3 Å². The number of benzene rings is 2. The van der Waals surface area contributed by atoms with E-state index in [1.54, 1.807) is 6.92 Å². The third-order valence-electron chi connectivity index (χ3n) is 8.28. The van der Waals surface area contributed by atoms with Gasteiger partial charge in [0.25, 0.3) is 0 Å². The molecule has 182 valence electrons. The molecule has 7 heteroatoms. The normalized spacial score (nSPS) is 23.5. The Kier molecular flexibility index (Phi) is 5.22. The number of hydrogen-bond acceptors (Lipinski definition) is 3. The van der Waals surface area contributed by atoms with E-state index in [2.05, 4.69) is 26.9 Å². The minimum atomic E-state index is -0.726. The summed E-state index contributed by atoms with van der Waals surface area (Å²) in [6.07, 6.45) is 5.75. The minimum absolute atomic E-state index is 0.139. The third kappa shape index (κ3) is 3.56. The van der Waals surface area contributed by atoms with E-state index in [4.69, 9.17) is 4.74 Å². The van der Waals surface area contributed by atoms with Gasteiger partial charge in [-0.2, -0.15) is 5.10 Å². The van der Waals surface area contributed by atoms with Gasteiger partial charge in [-0.15, -0.1) is 0 Å². The van der Waals surface area contributed by atoms with Crippen molar-refractivity contribution in [3.63, 3.8) is 0 Å². The molecule has 2 aromatic carbocycles. The number of aromatic amines is 1. The van der Waals surface area contributed by atoms with Crippen molar-refractivity contribution in [2.24, 2.45) is 5.41 Å². The Bertz CT molecular complexity index is 1450. The Labute approximate surface area is 203 Å². The van der Waals surface area contributed by atoms with E-state index < -0.39 is 11.4 Å². The predicted octanol–water partition coefficient (Wildman–Crippen LogP) is 6.21. The number of rotatable bonds is 4. The first-order valence-electron chi connectivity index (χ1n) is 12.4. The molecule has 3 heterocycles. The zero-order valence-corrected chi connectivity index (χ0v) is 20.1. The summed E-state index contributed by atoms with van der Waals surface area (Å²) < 4.78 is 22.3. The highest BCUT2D eigenvalue weighted by molar-refractivity contribution is 5.99. The highest BCUT2D eigenvalue weighted by atomic mass is 19.1. The molecule has 6 rings (SSSR count). The monoisotopic (exact) mass is 475 g/mol. The lowest BCUT2D eigenvalue weighted by atomic mass is 9.83. The molecular formula is C28H30FN3O3. The average molecular weight is 476 g/mol. The van der Waals surface area contributed by atoms with Crippen LogP contribution in [0.3, 0.4) is 0 Å². The van der Waals surface area contributed by atoms with Crippen molar-refractivity contribution < 1.29 is 19.0 Å². The number of carboxylic acids is 1. The molecule has 2 aromatic heterocycles. The van der Waals surface area contributed by atoms with E-state index in [1.807, 2.05) is 25.3 Å². The summed E-state index contributed by atoms with van der Waals surface area (Å²) in [4.78, 5) is 12.1. The molecule has 0 unspecified atom stereocenters. The standard InChI is InChI=1S/C28H30FN3O3/c1-16-11-20(3-4-22(16)29)32-24-12-19-15-30-31-23(19)13-21(24)25(26(32)17-6-9-35-10-7-17)18-5-8-28(2,14-18)27(33)34/h3-4,11-13,15,17-18H,5-10,14H2,1-2H3,(H,30,31)(H,33,34)/t18-,28-/m1/s1. The summed E-state index contributed by atoms with van der Waals surface area (Å²) in [5.74, 6) is -0.519. The number of carbonyl (C=O) groups is 1. The van der Waals surface area contributed by atoms with E-state index in [9.17, 15) is 14.3 Å². The molecule has 35 heavy (non-hydrogen) atoms. The van der Waals surface area contributed by atoms with E-state index >= 15 is 0 Å². The topological polar surface area (TPSA) is 80.1 Å². The second-order valence-corrected chi connectivity index (χ2v) is 10.6. The Morgan fingerprint density at radius 3 is 2.71 bits per heavy atom. The van der Waals surface area contributed by atoms with Crippen LogP contribution in [0.5, 0.6) is 0 Å². The van der Waals surface area contributed by atoms with Gasteiger partial charge in [-0.1, -0.05) is 0 Å². The first-order valence-corrected chi connectivity index (χ1v) is 12.4. The van der Waals surface area contributed by atoms with Gasteiger partial charge >= 0.3 is 5.97 Å². The lowest BCUT2D eigenvalue weighted by Crippen LogP contribution is -2.24. The molecule has 0 radical (unpaired) electrons. The number of nitrogens with zero attached hydrogens (tertiary/aromatic N) is 2. The molecule has 1 aliphatic carbocycles. The van der Waals surface area contributed by atoms with Gasteiger partial charge in [0.2, 0.25) is 0 Å². The van der Waals surface area contributed by atoms with Crippen molar-refractivity contribution in [2.45, 2.75) is 57.8 Å². The van der Waals surface area contributed by atoms with Crippen LogP contribution in [0.25, 0.3) is 27.5 Å². The van der Waals surface area contributed by atoms with Gasteiger partial charge in [0.05, 0.1) is 22.6 Å². The zero-order valence-electron chi connectivity index (χ0n) is 20.1. The average Bonchev–Trinajstić information content (AvgIpc) is 3.55. The fourth-order valence-electron chi connectivity index (χ4n) is 6.30. The molecule has 4 aromatic rings. The molecular weight excluding hydrogens is 445 g/mol. The molecule has 2 fully saturated rings. The predicted molar refractivity (Wildman–Crippen MR) is 133 cm³/mol. The number of ether oxygens (including phenoxy) is 1. The second-order valence-electron chi connectivity index (χ2n) is 10.6. The summed E-state index contributed by atoms with van der Waals surface area (Å²) in [7, 11) is 0. The maximum absolute atomic E-state index is 14.3. The quantitative estimate of drug-likeness (QED) is 0.368. The number of carboxylic acid groups (broad SMARTS) is 1. The molecule has 0 bridgehead atoms. The first kappa shape index (κ1) is 22.3. The molecule has 1 saturated carbocycles. The van der Waals surface area contributed by atoms with Crippen molar-refractivity contribution in [1.82, 2.24) is 14.8 Å². The Hall–Kier alpha value is -3.19. The molecule has 1 saturated heterocycles. The smallest absolute Gasteiger partial charge is 0.309 e. The zero-order chi connectivity index (χ0) is 24.3. The van der Waals surface area contributed by atoms with Crippen LogP contribution < -0.4 is 0 Å². The van der Waals surface area contributed by atoms with Gasteiger partial charge in [0, 0.05) is 41.3 Å². The number of aromatic nitrogens is 3. The largest absolute Gasteiger partial charge is 0.481 e. The van der Waals surface area contributed by atoms with Crippen molar-refractivity contribution in [2.75, 3.05) is 13.2 Å². The van der Waals surface area contributed by atoms with Crippen molar-refractivity contribution in [3.05, 3.63) is 59.2 Å². The number of H-pyrrole nitrogens is 1. The fourth-order valence-corrected chi connectivity index (χ4v) is 6.30. The van der Waals surface area contributed by atoms with Crippen LogP contribution in [0.2, 0.25) is 0 Å².